The van der Waals surface area contributed by atoms with Gasteiger partial charge in [-0.15, -0.1) is 0 Å². The van der Waals surface area contributed by atoms with Gasteiger partial charge in [0.2, 0.25) is 5.79 Å². The van der Waals surface area contributed by atoms with Crippen molar-refractivity contribution in [3.8, 4) is 0 Å². The molecule has 4 aliphatic rings. The molecule has 5 atom stereocenters. The first-order chi connectivity index (χ1) is 9.25. The first-order valence-corrected chi connectivity index (χ1v) is 7.82. The molecular weight excluding hydrogens is 244 g/mol. The Morgan fingerprint density at radius 2 is 2.05 bits per heavy atom. The fraction of sp³-hybridized carbons (Fsp3) is 1.00. The predicted molar refractivity (Wildman–Crippen MR) is 68.8 cm³/mol. The van der Waals surface area contributed by atoms with Gasteiger partial charge in [-0.2, -0.15) is 0 Å². The molecule has 4 heteroatoms. The van der Waals surface area contributed by atoms with E-state index in [0.29, 0.717) is 37.3 Å². The summed E-state index contributed by atoms with van der Waals surface area (Å²) >= 11 is 0. The minimum Gasteiger partial charge on any atom is -0.369 e. The second-order valence-electron chi connectivity index (χ2n) is 6.45. The van der Waals surface area contributed by atoms with E-state index in [0.717, 1.165) is 32.3 Å². The molecule has 0 aromatic carbocycles. The predicted octanol–water partition coefficient (Wildman–Crippen LogP) is 2.11. The Bertz CT molecular complexity index is 365. The van der Waals surface area contributed by atoms with Crippen LogP contribution in [0, 0.1) is 11.8 Å². The Hall–Kier alpha value is -0.160. The number of unbranched alkanes of at least 4 members (excludes halogenated alkanes) is 1. The van der Waals surface area contributed by atoms with Crippen LogP contribution >= 0.6 is 0 Å². The highest BCUT2D eigenvalue weighted by Crippen LogP contribution is 2.67. The molecule has 2 saturated carbocycles. The molecule has 4 rings (SSSR count). The second kappa shape index (κ2) is 4.17. The third-order valence-corrected chi connectivity index (χ3v) is 5.62. The Labute approximate surface area is 114 Å². The van der Waals surface area contributed by atoms with Gasteiger partial charge in [0.15, 0.2) is 0 Å². The zero-order valence-electron chi connectivity index (χ0n) is 11.9. The van der Waals surface area contributed by atoms with Gasteiger partial charge in [-0.3, -0.25) is 0 Å². The van der Waals surface area contributed by atoms with E-state index in [2.05, 4.69) is 13.8 Å². The fourth-order valence-corrected chi connectivity index (χ4v) is 4.72. The third-order valence-electron chi connectivity index (χ3n) is 5.62. The van der Waals surface area contributed by atoms with Crippen molar-refractivity contribution in [2.24, 2.45) is 11.8 Å². The van der Waals surface area contributed by atoms with Crippen molar-refractivity contribution < 1.29 is 18.9 Å². The van der Waals surface area contributed by atoms with Crippen LogP contribution in [0.3, 0.4) is 0 Å². The molecule has 0 aromatic rings. The van der Waals surface area contributed by atoms with Crippen LogP contribution in [-0.2, 0) is 18.9 Å². The lowest BCUT2D eigenvalue weighted by molar-refractivity contribution is -0.406. The van der Waals surface area contributed by atoms with Crippen LogP contribution in [0.4, 0.5) is 0 Å². The summed E-state index contributed by atoms with van der Waals surface area (Å²) in [6, 6.07) is 0. The van der Waals surface area contributed by atoms with Crippen molar-refractivity contribution in [2.75, 3.05) is 19.8 Å². The van der Waals surface area contributed by atoms with Gasteiger partial charge in [0, 0.05) is 18.4 Å². The monoisotopic (exact) mass is 268 g/mol. The van der Waals surface area contributed by atoms with E-state index in [1.807, 2.05) is 0 Å². The third kappa shape index (κ3) is 1.44. The topological polar surface area (TPSA) is 40.2 Å². The molecule has 19 heavy (non-hydrogen) atoms. The SMILES string of the molecule is CCCCOC12CCC3OC3C1C(C)C21OCCO1. The Balaban J connectivity index is 1.61. The van der Waals surface area contributed by atoms with Gasteiger partial charge < -0.3 is 18.9 Å². The van der Waals surface area contributed by atoms with E-state index in [-0.39, 0.29) is 5.60 Å². The van der Waals surface area contributed by atoms with Crippen LogP contribution in [0.5, 0.6) is 0 Å². The zero-order chi connectivity index (χ0) is 13.1. The highest BCUT2D eigenvalue weighted by Gasteiger charge is 2.81. The lowest BCUT2D eigenvalue weighted by atomic mass is 9.51. The fourth-order valence-electron chi connectivity index (χ4n) is 4.72. The van der Waals surface area contributed by atoms with Gasteiger partial charge in [0.25, 0.3) is 0 Å². The van der Waals surface area contributed by atoms with Gasteiger partial charge in [-0.25, -0.2) is 0 Å². The molecule has 2 saturated heterocycles. The molecule has 4 fully saturated rings. The van der Waals surface area contributed by atoms with Crippen LogP contribution in [0.15, 0.2) is 0 Å². The molecule has 0 bridgehead atoms. The highest BCUT2D eigenvalue weighted by atomic mass is 16.8. The van der Waals surface area contributed by atoms with Crippen LogP contribution in [0.2, 0.25) is 0 Å². The molecule has 108 valence electrons. The van der Waals surface area contributed by atoms with E-state index in [9.17, 15) is 0 Å². The maximum atomic E-state index is 6.39. The van der Waals surface area contributed by atoms with Crippen molar-refractivity contribution in [1.82, 2.24) is 0 Å². The van der Waals surface area contributed by atoms with Gasteiger partial charge in [-0.05, 0) is 19.3 Å². The van der Waals surface area contributed by atoms with E-state index < -0.39 is 5.79 Å². The number of rotatable bonds is 4. The molecule has 0 amide bonds. The summed E-state index contributed by atoms with van der Waals surface area (Å²) in [4.78, 5) is 0. The lowest BCUT2D eigenvalue weighted by Crippen LogP contribution is -2.78. The van der Waals surface area contributed by atoms with Crippen molar-refractivity contribution in [3.63, 3.8) is 0 Å². The molecule has 5 unspecified atom stereocenters. The molecule has 2 heterocycles. The first kappa shape index (κ1) is 12.6. The average molecular weight is 268 g/mol. The average Bonchev–Trinajstić information content (AvgIpc) is 2.99. The van der Waals surface area contributed by atoms with Gasteiger partial charge in [0.1, 0.15) is 5.60 Å². The Kier molecular flexibility index (Phi) is 2.76. The molecule has 2 aliphatic heterocycles. The summed E-state index contributed by atoms with van der Waals surface area (Å²) in [7, 11) is 0. The summed E-state index contributed by atoms with van der Waals surface area (Å²) in [5, 5.41) is 0. The number of hydrogen-bond acceptors (Lipinski definition) is 4. The van der Waals surface area contributed by atoms with Crippen molar-refractivity contribution >= 4 is 0 Å². The number of hydrogen-bond donors (Lipinski definition) is 0. The van der Waals surface area contributed by atoms with E-state index in [4.69, 9.17) is 18.9 Å². The summed E-state index contributed by atoms with van der Waals surface area (Å²) in [5.74, 6) is 0.357. The molecule has 0 aromatic heterocycles. The van der Waals surface area contributed by atoms with Crippen LogP contribution in [0.25, 0.3) is 0 Å². The molecular formula is C15H24O4. The summed E-state index contributed by atoms with van der Waals surface area (Å²) < 4.78 is 24.3. The van der Waals surface area contributed by atoms with E-state index in [1.165, 1.54) is 0 Å². The largest absolute Gasteiger partial charge is 0.369 e. The second-order valence-corrected chi connectivity index (χ2v) is 6.45. The zero-order valence-corrected chi connectivity index (χ0v) is 11.9. The van der Waals surface area contributed by atoms with Gasteiger partial charge >= 0.3 is 0 Å². The van der Waals surface area contributed by atoms with E-state index >= 15 is 0 Å². The minimum atomic E-state index is -0.484. The standard InChI is InChI=1S/C15H24O4/c1-3-4-7-16-14-6-5-11-13(19-11)12(14)10(2)15(14)17-8-9-18-15/h10-13H,3-9H2,1-2H3. The molecule has 1 spiro atoms. The summed E-state index contributed by atoms with van der Waals surface area (Å²) in [6.45, 7) is 6.64. The molecule has 0 N–H and O–H groups in total. The molecule has 2 aliphatic carbocycles. The van der Waals surface area contributed by atoms with Crippen molar-refractivity contribution in [2.45, 2.75) is 63.1 Å². The number of epoxide rings is 1. The quantitative estimate of drug-likeness (QED) is 0.578. The smallest absolute Gasteiger partial charge is 0.201 e. The lowest BCUT2D eigenvalue weighted by Gasteiger charge is -2.65. The summed E-state index contributed by atoms with van der Waals surface area (Å²) in [6.07, 6.45) is 5.25. The normalized spacial score (nSPS) is 49.6. The van der Waals surface area contributed by atoms with Crippen LogP contribution in [-0.4, -0.2) is 43.4 Å². The first-order valence-electron chi connectivity index (χ1n) is 7.82. The highest BCUT2D eigenvalue weighted by molar-refractivity contribution is 5.25. The van der Waals surface area contributed by atoms with Gasteiger partial charge in [-0.1, -0.05) is 20.3 Å². The Morgan fingerprint density at radius 3 is 2.79 bits per heavy atom. The molecule has 0 radical (unpaired) electrons. The minimum absolute atomic E-state index is 0.240. The maximum Gasteiger partial charge on any atom is 0.201 e. The van der Waals surface area contributed by atoms with Crippen LogP contribution in [0.1, 0.15) is 39.5 Å². The maximum absolute atomic E-state index is 6.39. The molecule has 4 nitrogen and oxygen atoms in total. The Morgan fingerprint density at radius 1 is 1.26 bits per heavy atom. The van der Waals surface area contributed by atoms with Crippen LogP contribution < -0.4 is 0 Å². The summed E-state index contributed by atoms with van der Waals surface area (Å²) in [5.41, 5.74) is -0.240. The van der Waals surface area contributed by atoms with Crippen molar-refractivity contribution in [1.29, 1.82) is 0 Å². The van der Waals surface area contributed by atoms with Gasteiger partial charge in [0.05, 0.1) is 25.4 Å². The number of ether oxygens (including phenoxy) is 4. The number of fused-ring (bicyclic) bond motifs is 4. The van der Waals surface area contributed by atoms with Crippen molar-refractivity contribution in [3.05, 3.63) is 0 Å². The van der Waals surface area contributed by atoms with E-state index in [1.54, 1.807) is 0 Å².